The molecule has 0 bridgehead atoms. The Balaban J connectivity index is 0.000000182. The molecule has 3 aromatic rings. The van der Waals surface area contributed by atoms with Crippen LogP contribution >= 0.6 is 47.3 Å². The van der Waals surface area contributed by atoms with Gasteiger partial charge in [0.15, 0.2) is 11.4 Å². The van der Waals surface area contributed by atoms with Gasteiger partial charge in [-0.05, 0) is 63.5 Å². The van der Waals surface area contributed by atoms with Crippen molar-refractivity contribution >= 4 is 112 Å². The van der Waals surface area contributed by atoms with Gasteiger partial charge in [0.05, 0.1) is 47.1 Å². The summed E-state index contributed by atoms with van der Waals surface area (Å²) in [4.78, 5) is 127. The molecular weight excluding hydrogens is 1180 g/mol. The smallest absolute Gasteiger partial charge is 0.352 e. The number of benzene rings is 2. The number of hydrogen-bond acceptors (Lipinski definition) is 22. The Morgan fingerprint density at radius 2 is 1.52 bits per heavy atom. The number of halogens is 1. The van der Waals surface area contributed by atoms with E-state index in [2.05, 4.69) is 10.6 Å². The molecule has 0 unspecified atom stereocenters. The van der Waals surface area contributed by atoms with Crippen LogP contribution in [0, 0.1) is 11.8 Å². The van der Waals surface area contributed by atoms with Crippen LogP contribution < -0.4 is 22.1 Å². The van der Waals surface area contributed by atoms with Crippen LogP contribution in [0.2, 0.25) is 0 Å². The molecule has 3 saturated heterocycles. The summed E-state index contributed by atoms with van der Waals surface area (Å²) in [7, 11) is 2.80. The summed E-state index contributed by atoms with van der Waals surface area (Å²) in [6.45, 7) is 5.89. The van der Waals surface area contributed by atoms with Crippen LogP contribution in [0.3, 0.4) is 0 Å². The lowest BCUT2D eigenvalue weighted by Gasteiger charge is -2.55. The molecule has 1 saturated carbocycles. The number of aliphatic hydroxyl groups excluding tert-OH is 3. The molecule has 84 heavy (non-hydrogen) atoms. The molecule has 1 aromatic heterocycles. The molecule has 4 aliphatic heterocycles. The molecule has 7 aliphatic rings. The van der Waals surface area contributed by atoms with E-state index in [0.717, 1.165) is 9.78 Å². The first-order valence-corrected chi connectivity index (χ1v) is 28.2. The van der Waals surface area contributed by atoms with Crippen molar-refractivity contribution in [1.82, 2.24) is 25.3 Å². The molecule has 12 atom stereocenters. The number of carboxylic acids is 2. The number of phenolic OH excluding ortho intramolecular Hbond substituents is 1. The fourth-order valence-corrected chi connectivity index (χ4v) is 15.2. The van der Waals surface area contributed by atoms with Crippen molar-refractivity contribution in [2.45, 2.75) is 97.1 Å². The van der Waals surface area contributed by atoms with E-state index in [1.165, 1.54) is 90.8 Å². The van der Waals surface area contributed by atoms with Crippen LogP contribution in [0.25, 0.3) is 5.76 Å². The summed E-state index contributed by atoms with van der Waals surface area (Å²) in [5.41, 5.74) is 5.02. The van der Waals surface area contributed by atoms with Crippen LogP contribution in [0.5, 0.6) is 5.75 Å². The number of carboxylic acid groups (broad SMARTS) is 2. The number of ether oxygens (including phenoxy) is 1. The number of nitrogens with zero attached hydrogens (tertiary/aromatic N) is 3. The van der Waals surface area contributed by atoms with Crippen LogP contribution in [0.1, 0.15) is 55.3 Å². The number of amides is 5. The van der Waals surface area contributed by atoms with Gasteiger partial charge in [0, 0.05) is 27.9 Å². The molecule has 30 heteroatoms. The first kappa shape index (κ1) is 64.2. The number of nitrogens with one attached hydrogen (secondary N) is 2. The van der Waals surface area contributed by atoms with Crippen LogP contribution in [-0.2, 0) is 64.7 Å². The van der Waals surface area contributed by atoms with Crippen LogP contribution in [0.15, 0.2) is 94.2 Å². The first-order valence-electron chi connectivity index (χ1n) is 25.4. The lowest BCUT2D eigenvalue weighted by molar-refractivity contribution is -0.181. The van der Waals surface area contributed by atoms with Gasteiger partial charge in [-0.1, -0.05) is 48.5 Å². The Bertz CT molecular complexity index is 3350. The maximum atomic E-state index is 13.7. The zero-order chi connectivity index (χ0) is 61.3. The number of hydrogen-bond donors (Lipinski definition) is 12. The third-order valence-electron chi connectivity index (χ3n) is 15.4. The molecule has 10 rings (SSSR count). The molecule has 4 fully saturated rings. The SMILES string of the molecule is CC(=O)OCC1=C(C(=O)O)N2C(=O)[C@@H](NC(=O)Cc3cccs3)[C@H]2SC1.CC1(C)S[C@@H]2[C@H](NC(=O)[C@H](N)c3ccccc3)C(=O)N2[C@H]1C(=O)O.CN(C)[C@@H]1C(=O)C(C(N)=O)=C(O)[C@@]2(O)C(=O)C3=C(O)c4c(O)cccc4[C@@](C)(O)[C@H]3[C@H](O)[C@@H]12.Cl. The highest BCUT2D eigenvalue weighted by Gasteiger charge is 2.70. The number of likely N-dealkylation sites (N-methyl/N-ethyl adjacent to an activating group) is 1. The van der Waals surface area contributed by atoms with Gasteiger partial charge in [-0.2, -0.15) is 0 Å². The summed E-state index contributed by atoms with van der Waals surface area (Å²) in [6.07, 6.45) is -1.69. The number of ketones is 2. The summed E-state index contributed by atoms with van der Waals surface area (Å²) < 4.78 is 4.26. The standard InChI is InChI=1S/C22H24N2O9.C16H19N3O4S.C16H16N2O6S2.ClH/c1-21(32)7-5-4-6-8(25)9(7)15(26)10-12(21)17(28)13-14(24(2)3)16(27)11(20(23)31)19(30)22(13,33)18(10)29;1-16(2)11(15(22)23)19-13(21)10(14(19)24-16)18-12(20)9(17)8-6-4-3-5-7-8;1-8(19)24-6-9-7-26-15-12(14(21)18(15)13(9)16(22)23)17-11(20)5-10-3-2-4-25-10;/h4-6,12-14,17,25-26,28,30,32-33H,1-3H3,(H2,23,31);3-7,9-11,14H,17H2,1-2H3,(H,18,20)(H,22,23);2-4,12,15H,5-7H2,1H3,(H,17,20)(H,22,23);1H/t12-,13-,14+,17+,21-,22+;9-,10-,11+,14-;12-,15-;/m111./s1. The first-order chi connectivity index (χ1) is 38.8. The number of primary amides is 1. The largest absolute Gasteiger partial charge is 0.508 e. The number of phenols is 1. The number of aromatic hydroxyl groups is 1. The van der Waals surface area contributed by atoms with Crippen molar-refractivity contribution in [1.29, 1.82) is 0 Å². The number of thiophene rings is 1. The van der Waals surface area contributed by atoms with Gasteiger partial charge < -0.3 is 72.6 Å². The van der Waals surface area contributed by atoms with Gasteiger partial charge in [-0.25, -0.2) is 9.59 Å². The van der Waals surface area contributed by atoms with Gasteiger partial charge in [0.1, 0.15) is 70.1 Å². The lowest BCUT2D eigenvalue weighted by Crippen LogP contribution is -2.71. The number of β-lactam (4-membered cyclic amide) rings is 2. The maximum Gasteiger partial charge on any atom is 0.352 e. The predicted octanol–water partition coefficient (Wildman–Crippen LogP) is -0.0680. The average molecular weight is 1240 g/mol. The maximum absolute atomic E-state index is 13.7. The lowest BCUT2D eigenvalue weighted by atomic mass is 9.53. The Morgan fingerprint density at radius 3 is 2.10 bits per heavy atom. The Labute approximate surface area is 496 Å². The predicted molar refractivity (Wildman–Crippen MR) is 302 cm³/mol. The molecule has 2 aromatic carbocycles. The number of fused-ring (bicyclic) bond motifs is 5. The zero-order valence-electron chi connectivity index (χ0n) is 45.4. The Kier molecular flexibility index (Phi) is 18.3. The topological polar surface area (TPSA) is 428 Å². The highest BCUT2D eigenvalue weighted by molar-refractivity contribution is 8.01. The van der Waals surface area contributed by atoms with Crippen LogP contribution in [0.4, 0.5) is 0 Å². The van der Waals surface area contributed by atoms with Crippen molar-refractivity contribution in [2.24, 2.45) is 23.3 Å². The van der Waals surface area contributed by atoms with Crippen molar-refractivity contribution < 1.29 is 93.5 Å². The zero-order valence-corrected chi connectivity index (χ0v) is 48.7. The number of esters is 1. The summed E-state index contributed by atoms with van der Waals surface area (Å²) >= 11 is 4.17. The Hall–Kier alpha value is -7.35. The third kappa shape index (κ3) is 10.9. The fourth-order valence-electron chi connectivity index (χ4n) is 11.6. The van der Waals surface area contributed by atoms with E-state index < -0.39 is 145 Å². The quantitative estimate of drug-likeness (QED) is 0.0641. The molecule has 3 aliphatic carbocycles. The van der Waals surface area contributed by atoms with Gasteiger partial charge in [-0.15, -0.1) is 47.3 Å². The van der Waals surface area contributed by atoms with E-state index in [4.69, 9.17) is 16.2 Å². The molecule has 0 radical (unpaired) electrons. The molecule has 450 valence electrons. The van der Waals surface area contributed by atoms with Gasteiger partial charge in [0.25, 0.3) is 11.8 Å². The number of aliphatic carboxylic acids is 2. The monoisotopic (exact) mass is 1240 g/mol. The van der Waals surface area contributed by atoms with E-state index >= 15 is 0 Å². The van der Waals surface area contributed by atoms with Crippen molar-refractivity contribution in [3.8, 4) is 5.75 Å². The molecule has 0 spiro atoms. The fraction of sp³-hybridized carbons (Fsp3) is 0.407. The molecule has 5 amide bonds. The second-order valence-corrected chi connectivity index (χ2v) is 25.2. The van der Waals surface area contributed by atoms with E-state index in [-0.39, 0.29) is 59.4 Å². The average Bonchev–Trinajstić information content (AvgIpc) is 0.834. The highest BCUT2D eigenvalue weighted by Crippen LogP contribution is 2.57. The van der Waals surface area contributed by atoms with Gasteiger partial charge >= 0.3 is 17.9 Å². The molecule has 14 N–H and O–H groups in total. The Morgan fingerprint density at radius 1 is 0.881 bits per heavy atom. The summed E-state index contributed by atoms with van der Waals surface area (Å²) in [5.74, 6) is -13.8. The minimum Gasteiger partial charge on any atom is -0.508 e. The van der Waals surface area contributed by atoms with Crippen molar-refractivity contribution in [2.75, 3.05) is 26.5 Å². The van der Waals surface area contributed by atoms with E-state index in [9.17, 15) is 88.8 Å². The number of nitrogens with two attached hydrogens (primary N) is 2. The number of rotatable bonds is 12. The van der Waals surface area contributed by atoms with Crippen molar-refractivity contribution in [3.05, 3.63) is 116 Å². The second-order valence-electron chi connectivity index (χ2n) is 21.3. The van der Waals surface area contributed by atoms with Gasteiger partial charge in [-0.3, -0.25) is 48.2 Å². The number of aliphatic hydroxyl groups is 5. The van der Waals surface area contributed by atoms with Gasteiger partial charge in [0.2, 0.25) is 23.5 Å². The third-order valence-corrected chi connectivity index (χ3v) is 19.2. The van der Waals surface area contributed by atoms with Crippen LogP contribution in [-0.4, -0.2) is 192 Å². The molecule has 26 nitrogen and oxygen atoms in total. The molecular formula is C54H60ClN7O19S3. The number of Topliss-reactive ketones (excluding diaryl/α,β-unsaturated/α-hetero) is 2. The highest BCUT2D eigenvalue weighted by atomic mass is 35.5. The minimum absolute atomic E-state index is 0. The van der Waals surface area contributed by atoms with E-state index in [1.54, 1.807) is 38.1 Å². The van der Waals surface area contributed by atoms with E-state index in [0.29, 0.717) is 16.9 Å². The number of carbonyl (C=O) groups is 10. The number of thioether (sulfide) groups is 2. The summed E-state index contributed by atoms with van der Waals surface area (Å²) in [5, 5.41) is 91.5. The number of carbonyl (C=O) groups excluding carboxylic acids is 8. The van der Waals surface area contributed by atoms with Crippen molar-refractivity contribution in [3.63, 3.8) is 0 Å². The normalized spacial score (nSPS) is 29.1. The van der Waals surface area contributed by atoms with E-state index in [1.807, 2.05) is 23.6 Å². The summed E-state index contributed by atoms with van der Waals surface area (Å²) in [6, 6.07) is 11.8. The minimum atomic E-state index is -3.02. The molecule has 5 heterocycles. The second kappa shape index (κ2) is 24.0.